The molecule has 0 aliphatic carbocycles. The lowest BCUT2D eigenvalue weighted by molar-refractivity contribution is -0.143. The van der Waals surface area contributed by atoms with E-state index >= 15 is 0 Å². The molecular weight excluding hydrogens is 542 g/mol. The molecule has 168 valence electrons. The van der Waals surface area contributed by atoms with E-state index in [1.165, 1.54) is 4.90 Å². The van der Waals surface area contributed by atoms with Crippen molar-refractivity contribution >= 4 is 51.5 Å². The number of thiazole rings is 1. The van der Waals surface area contributed by atoms with Crippen LogP contribution in [0.15, 0.2) is 45.8 Å². The van der Waals surface area contributed by atoms with Gasteiger partial charge in [-0.2, -0.15) is 13.2 Å². The average Bonchev–Trinajstić information content (AvgIpc) is 3.43. The SMILES string of the molecule is CN=C(NCc1ccc(-c2nc3ccccc3s2)o1)NC1CCN(CC(F)(F)F)C1.I. The molecule has 2 N–H and O–H groups in total. The van der Waals surface area contributed by atoms with Gasteiger partial charge in [-0.1, -0.05) is 12.1 Å². The van der Waals surface area contributed by atoms with Gasteiger partial charge in [0.15, 0.2) is 16.7 Å². The Hall–Kier alpha value is -1.86. The quantitative estimate of drug-likeness (QED) is 0.272. The minimum Gasteiger partial charge on any atom is -0.457 e. The Kier molecular flexibility index (Phi) is 7.81. The lowest BCUT2D eigenvalue weighted by Gasteiger charge is -2.19. The number of halogens is 4. The summed E-state index contributed by atoms with van der Waals surface area (Å²) in [5.41, 5.74) is 0.939. The van der Waals surface area contributed by atoms with Crippen molar-refractivity contribution in [3.8, 4) is 10.8 Å². The van der Waals surface area contributed by atoms with E-state index in [-0.39, 0.29) is 30.0 Å². The van der Waals surface area contributed by atoms with Gasteiger partial charge in [-0.05, 0) is 30.7 Å². The Balaban J connectivity index is 0.00000272. The van der Waals surface area contributed by atoms with Crippen LogP contribution in [0.3, 0.4) is 0 Å². The Morgan fingerprint density at radius 1 is 1.29 bits per heavy atom. The summed E-state index contributed by atoms with van der Waals surface area (Å²) < 4.78 is 44.6. The average molecular weight is 565 g/mol. The fraction of sp³-hybridized carbons (Fsp3) is 0.400. The van der Waals surface area contributed by atoms with Gasteiger partial charge in [0, 0.05) is 26.2 Å². The molecule has 1 aromatic carbocycles. The van der Waals surface area contributed by atoms with Crippen molar-refractivity contribution in [1.29, 1.82) is 0 Å². The fourth-order valence-electron chi connectivity index (χ4n) is 3.47. The van der Waals surface area contributed by atoms with Gasteiger partial charge in [-0.25, -0.2) is 4.98 Å². The lowest BCUT2D eigenvalue weighted by atomic mass is 10.3. The van der Waals surface area contributed by atoms with Crippen LogP contribution in [0.2, 0.25) is 0 Å². The van der Waals surface area contributed by atoms with Crippen LogP contribution in [-0.2, 0) is 6.54 Å². The van der Waals surface area contributed by atoms with Crippen molar-refractivity contribution in [2.24, 2.45) is 4.99 Å². The van der Waals surface area contributed by atoms with E-state index < -0.39 is 12.7 Å². The summed E-state index contributed by atoms with van der Waals surface area (Å²) in [6.45, 7) is 0.280. The molecule has 1 unspecified atom stereocenters. The van der Waals surface area contributed by atoms with Crippen LogP contribution >= 0.6 is 35.3 Å². The molecule has 31 heavy (non-hydrogen) atoms. The topological polar surface area (TPSA) is 65.7 Å². The van der Waals surface area contributed by atoms with Crippen molar-refractivity contribution in [1.82, 2.24) is 20.5 Å². The van der Waals surface area contributed by atoms with Gasteiger partial charge < -0.3 is 15.1 Å². The first kappa shape index (κ1) is 23.8. The number of hydrogen-bond donors (Lipinski definition) is 2. The number of likely N-dealkylation sites (tertiary alicyclic amines) is 1. The second-order valence-electron chi connectivity index (χ2n) is 7.16. The fourth-order valence-corrected chi connectivity index (χ4v) is 4.40. The number of hydrogen-bond acceptors (Lipinski definition) is 5. The van der Waals surface area contributed by atoms with Gasteiger partial charge in [0.1, 0.15) is 5.76 Å². The molecule has 3 aromatic rings. The third-order valence-corrected chi connectivity index (χ3v) is 5.89. The number of fused-ring (bicyclic) bond motifs is 1. The number of nitrogens with zero attached hydrogens (tertiary/aromatic N) is 3. The molecule has 1 aliphatic rings. The van der Waals surface area contributed by atoms with Crippen molar-refractivity contribution < 1.29 is 17.6 Å². The van der Waals surface area contributed by atoms with Crippen molar-refractivity contribution in [3.05, 3.63) is 42.2 Å². The molecule has 4 rings (SSSR count). The highest BCUT2D eigenvalue weighted by Gasteiger charge is 2.34. The molecule has 3 heterocycles. The summed E-state index contributed by atoms with van der Waals surface area (Å²) in [6, 6.07) is 11.6. The van der Waals surface area contributed by atoms with Crippen molar-refractivity contribution in [3.63, 3.8) is 0 Å². The third kappa shape index (κ3) is 6.32. The lowest BCUT2D eigenvalue weighted by Crippen LogP contribution is -2.44. The van der Waals surface area contributed by atoms with E-state index in [1.807, 2.05) is 36.4 Å². The van der Waals surface area contributed by atoms with E-state index in [0.29, 0.717) is 37.8 Å². The number of aromatic nitrogens is 1. The van der Waals surface area contributed by atoms with Gasteiger partial charge in [0.2, 0.25) is 0 Å². The van der Waals surface area contributed by atoms with Crippen LogP contribution in [0, 0.1) is 0 Å². The molecule has 1 saturated heterocycles. The van der Waals surface area contributed by atoms with Crippen LogP contribution < -0.4 is 10.6 Å². The molecular formula is C20H23F3IN5OS. The van der Waals surface area contributed by atoms with E-state index in [0.717, 1.165) is 21.0 Å². The molecule has 1 fully saturated rings. The van der Waals surface area contributed by atoms with E-state index in [2.05, 4.69) is 20.6 Å². The summed E-state index contributed by atoms with van der Waals surface area (Å²) in [7, 11) is 1.63. The number of para-hydroxylation sites is 1. The zero-order valence-corrected chi connectivity index (χ0v) is 19.9. The van der Waals surface area contributed by atoms with Crippen LogP contribution in [0.5, 0.6) is 0 Å². The molecule has 6 nitrogen and oxygen atoms in total. The summed E-state index contributed by atoms with van der Waals surface area (Å²) in [6.07, 6.45) is -3.53. The number of nitrogens with one attached hydrogen (secondary N) is 2. The number of furan rings is 1. The smallest absolute Gasteiger partial charge is 0.401 e. The Morgan fingerprint density at radius 3 is 2.84 bits per heavy atom. The van der Waals surface area contributed by atoms with Gasteiger partial charge in [0.25, 0.3) is 0 Å². The van der Waals surface area contributed by atoms with Crippen LogP contribution in [0.1, 0.15) is 12.2 Å². The predicted molar refractivity (Wildman–Crippen MR) is 127 cm³/mol. The molecule has 0 spiro atoms. The second kappa shape index (κ2) is 10.2. The molecule has 0 saturated carbocycles. The van der Waals surface area contributed by atoms with Crippen LogP contribution in [-0.4, -0.2) is 54.7 Å². The Morgan fingerprint density at radius 2 is 2.10 bits per heavy atom. The standard InChI is InChI=1S/C20H22F3N5OS.HI/c1-24-19(26-13-8-9-28(11-13)12-20(21,22)23)25-10-14-6-7-16(29-14)18-27-15-4-2-3-5-17(15)30-18;/h2-7,13H,8-12H2,1H3,(H2,24,25,26);1H. The molecule has 11 heteroatoms. The van der Waals surface area contributed by atoms with Gasteiger partial charge >= 0.3 is 6.18 Å². The van der Waals surface area contributed by atoms with Gasteiger partial charge in [0.05, 0.1) is 23.3 Å². The van der Waals surface area contributed by atoms with Gasteiger partial charge in [-0.15, -0.1) is 35.3 Å². The first-order valence-corrected chi connectivity index (χ1v) is 10.4. The maximum absolute atomic E-state index is 12.5. The molecule has 0 amide bonds. The minimum atomic E-state index is -4.17. The van der Waals surface area contributed by atoms with E-state index in [4.69, 9.17) is 4.42 Å². The van der Waals surface area contributed by atoms with E-state index in [1.54, 1.807) is 18.4 Å². The molecule has 0 radical (unpaired) electrons. The van der Waals surface area contributed by atoms with E-state index in [9.17, 15) is 13.2 Å². The Labute approximate surface area is 198 Å². The normalized spacial score (nSPS) is 17.7. The monoisotopic (exact) mass is 565 g/mol. The first-order chi connectivity index (χ1) is 14.4. The van der Waals surface area contributed by atoms with Crippen molar-refractivity contribution in [2.75, 3.05) is 26.7 Å². The van der Waals surface area contributed by atoms with Gasteiger partial charge in [-0.3, -0.25) is 9.89 Å². The predicted octanol–water partition coefficient (Wildman–Crippen LogP) is 4.48. The number of aliphatic imine (C=N–C) groups is 1. The maximum Gasteiger partial charge on any atom is 0.401 e. The summed E-state index contributed by atoms with van der Waals surface area (Å²) in [4.78, 5) is 10.2. The zero-order chi connectivity index (χ0) is 21.1. The van der Waals surface area contributed by atoms with Crippen LogP contribution in [0.4, 0.5) is 13.2 Å². The summed E-state index contributed by atoms with van der Waals surface area (Å²) in [5, 5.41) is 7.16. The maximum atomic E-state index is 12.5. The molecule has 1 atom stereocenters. The molecule has 0 bridgehead atoms. The summed E-state index contributed by atoms with van der Waals surface area (Å²) >= 11 is 1.57. The third-order valence-electron chi connectivity index (χ3n) is 4.84. The number of benzene rings is 1. The Bertz CT molecular complexity index is 1000. The minimum absolute atomic E-state index is 0. The summed E-state index contributed by atoms with van der Waals surface area (Å²) in [5.74, 6) is 1.96. The van der Waals surface area contributed by atoms with Crippen molar-refractivity contribution in [2.45, 2.75) is 25.2 Å². The highest BCUT2D eigenvalue weighted by atomic mass is 127. The highest BCUT2D eigenvalue weighted by molar-refractivity contribution is 14.0. The zero-order valence-electron chi connectivity index (χ0n) is 16.8. The molecule has 1 aliphatic heterocycles. The second-order valence-corrected chi connectivity index (χ2v) is 8.19. The van der Waals surface area contributed by atoms with Crippen LogP contribution in [0.25, 0.3) is 21.0 Å². The first-order valence-electron chi connectivity index (χ1n) is 9.60. The largest absolute Gasteiger partial charge is 0.457 e. The highest BCUT2D eigenvalue weighted by Crippen LogP contribution is 2.31. The number of alkyl halides is 3. The molecule has 2 aromatic heterocycles. The number of rotatable bonds is 5. The number of guanidine groups is 1.